The lowest BCUT2D eigenvalue weighted by Crippen LogP contribution is -2.03. The van der Waals surface area contributed by atoms with Gasteiger partial charge in [-0.3, -0.25) is 4.98 Å². The van der Waals surface area contributed by atoms with Crippen LogP contribution in [0.15, 0.2) is 36.7 Å². The fourth-order valence-electron chi connectivity index (χ4n) is 2.53. The fourth-order valence-corrected chi connectivity index (χ4v) is 2.53. The molecule has 108 valence electrons. The SMILES string of the molecule is CC(C)n1c(-c2cncc(F)c2)nc2cc(CN)ccc21. The van der Waals surface area contributed by atoms with Gasteiger partial charge in [0.25, 0.3) is 0 Å². The number of pyridine rings is 1. The van der Waals surface area contributed by atoms with Crippen molar-refractivity contribution in [1.29, 1.82) is 0 Å². The summed E-state index contributed by atoms with van der Waals surface area (Å²) in [4.78, 5) is 8.57. The summed E-state index contributed by atoms with van der Waals surface area (Å²) in [7, 11) is 0. The molecule has 21 heavy (non-hydrogen) atoms. The second-order valence-corrected chi connectivity index (χ2v) is 5.32. The van der Waals surface area contributed by atoms with Crippen LogP contribution in [0.2, 0.25) is 0 Å². The predicted octanol–water partition coefficient (Wildman–Crippen LogP) is 3.28. The van der Waals surface area contributed by atoms with E-state index in [4.69, 9.17) is 5.73 Å². The molecule has 0 bridgehead atoms. The summed E-state index contributed by atoms with van der Waals surface area (Å²) in [5.74, 6) is 0.360. The molecule has 4 nitrogen and oxygen atoms in total. The number of nitrogens with two attached hydrogens (primary N) is 1. The van der Waals surface area contributed by atoms with Crippen LogP contribution in [0.4, 0.5) is 4.39 Å². The van der Waals surface area contributed by atoms with E-state index in [9.17, 15) is 4.39 Å². The smallest absolute Gasteiger partial charge is 0.143 e. The standard InChI is InChI=1S/C16H17FN4/c1-10(2)21-15-4-3-11(7-18)5-14(15)20-16(21)12-6-13(17)9-19-8-12/h3-6,8-10H,7,18H2,1-2H3. The Hall–Kier alpha value is -2.27. The molecule has 0 atom stereocenters. The van der Waals surface area contributed by atoms with Gasteiger partial charge in [0.05, 0.1) is 17.2 Å². The summed E-state index contributed by atoms with van der Waals surface area (Å²) in [6.45, 7) is 4.63. The normalized spacial score (nSPS) is 11.5. The zero-order valence-electron chi connectivity index (χ0n) is 12.0. The highest BCUT2D eigenvalue weighted by molar-refractivity contribution is 5.81. The second kappa shape index (κ2) is 5.26. The topological polar surface area (TPSA) is 56.7 Å². The van der Waals surface area contributed by atoms with Gasteiger partial charge < -0.3 is 10.3 Å². The van der Waals surface area contributed by atoms with Crippen LogP contribution >= 0.6 is 0 Å². The highest BCUT2D eigenvalue weighted by atomic mass is 19.1. The Balaban J connectivity index is 2.28. The number of fused-ring (bicyclic) bond motifs is 1. The predicted molar refractivity (Wildman–Crippen MR) is 81.2 cm³/mol. The number of hydrogen-bond donors (Lipinski definition) is 1. The minimum Gasteiger partial charge on any atom is -0.326 e. The van der Waals surface area contributed by atoms with Crippen LogP contribution in [0.5, 0.6) is 0 Å². The van der Waals surface area contributed by atoms with Gasteiger partial charge in [-0.15, -0.1) is 0 Å². The van der Waals surface area contributed by atoms with Gasteiger partial charge in [0.2, 0.25) is 0 Å². The Labute approximate surface area is 122 Å². The van der Waals surface area contributed by atoms with Crippen LogP contribution in [0.1, 0.15) is 25.5 Å². The summed E-state index contributed by atoms with van der Waals surface area (Å²) in [6, 6.07) is 7.65. The minimum absolute atomic E-state index is 0.206. The summed E-state index contributed by atoms with van der Waals surface area (Å²) in [5, 5.41) is 0. The molecule has 5 heteroatoms. The maximum absolute atomic E-state index is 13.4. The molecule has 0 saturated heterocycles. The van der Waals surface area contributed by atoms with E-state index in [1.54, 1.807) is 6.20 Å². The third-order valence-corrected chi connectivity index (χ3v) is 3.47. The van der Waals surface area contributed by atoms with E-state index in [0.717, 1.165) is 22.4 Å². The number of rotatable bonds is 3. The zero-order valence-corrected chi connectivity index (χ0v) is 12.0. The van der Waals surface area contributed by atoms with Gasteiger partial charge in [-0.05, 0) is 37.6 Å². The zero-order chi connectivity index (χ0) is 15.0. The van der Waals surface area contributed by atoms with E-state index >= 15 is 0 Å². The van der Waals surface area contributed by atoms with Gasteiger partial charge in [-0.25, -0.2) is 9.37 Å². The molecule has 0 aliphatic heterocycles. The first-order chi connectivity index (χ1) is 10.1. The first-order valence-electron chi connectivity index (χ1n) is 6.92. The van der Waals surface area contributed by atoms with Crippen molar-refractivity contribution in [2.75, 3.05) is 0 Å². The lowest BCUT2D eigenvalue weighted by atomic mass is 10.2. The largest absolute Gasteiger partial charge is 0.326 e. The van der Waals surface area contributed by atoms with Crippen molar-refractivity contribution >= 4 is 11.0 Å². The third kappa shape index (κ3) is 2.40. The molecule has 0 amide bonds. The van der Waals surface area contributed by atoms with Crippen molar-refractivity contribution in [2.24, 2.45) is 5.73 Å². The van der Waals surface area contributed by atoms with E-state index < -0.39 is 0 Å². The molecule has 0 spiro atoms. The van der Waals surface area contributed by atoms with E-state index in [-0.39, 0.29) is 11.9 Å². The molecule has 0 aliphatic rings. The quantitative estimate of drug-likeness (QED) is 0.803. The van der Waals surface area contributed by atoms with Gasteiger partial charge in [0.1, 0.15) is 11.6 Å². The van der Waals surface area contributed by atoms with Gasteiger partial charge in [0, 0.05) is 24.3 Å². The van der Waals surface area contributed by atoms with Crippen LogP contribution in [0.3, 0.4) is 0 Å². The van der Waals surface area contributed by atoms with Gasteiger partial charge in [-0.2, -0.15) is 0 Å². The summed E-state index contributed by atoms with van der Waals surface area (Å²) >= 11 is 0. The van der Waals surface area contributed by atoms with E-state index in [2.05, 4.69) is 28.4 Å². The fraction of sp³-hybridized carbons (Fsp3) is 0.250. The minimum atomic E-state index is -0.363. The molecule has 0 unspecified atom stereocenters. The number of aromatic nitrogens is 3. The van der Waals surface area contributed by atoms with Crippen molar-refractivity contribution < 1.29 is 4.39 Å². The van der Waals surface area contributed by atoms with E-state index in [1.807, 2.05) is 18.2 Å². The maximum atomic E-state index is 13.4. The molecule has 0 radical (unpaired) electrons. The first-order valence-corrected chi connectivity index (χ1v) is 6.92. The molecule has 2 heterocycles. The molecule has 0 aliphatic carbocycles. The van der Waals surface area contributed by atoms with Crippen LogP contribution < -0.4 is 5.73 Å². The number of benzene rings is 1. The Bertz CT molecular complexity index is 792. The van der Waals surface area contributed by atoms with Crippen molar-refractivity contribution in [3.8, 4) is 11.4 Å². The molecule has 1 aromatic carbocycles. The van der Waals surface area contributed by atoms with Crippen molar-refractivity contribution in [2.45, 2.75) is 26.4 Å². The lowest BCUT2D eigenvalue weighted by molar-refractivity contribution is 0.614. The first kappa shape index (κ1) is 13.7. The summed E-state index contributed by atoms with van der Waals surface area (Å²) in [6.07, 6.45) is 2.82. The van der Waals surface area contributed by atoms with Crippen molar-refractivity contribution in [3.63, 3.8) is 0 Å². The molecule has 2 N–H and O–H groups in total. The third-order valence-electron chi connectivity index (χ3n) is 3.47. The van der Waals surface area contributed by atoms with Crippen molar-refractivity contribution in [3.05, 3.63) is 48.0 Å². The molecule has 0 saturated carbocycles. The highest BCUT2D eigenvalue weighted by Crippen LogP contribution is 2.28. The van der Waals surface area contributed by atoms with Gasteiger partial charge in [-0.1, -0.05) is 6.07 Å². The molecule has 3 rings (SSSR count). The van der Waals surface area contributed by atoms with Crippen LogP contribution in [-0.4, -0.2) is 14.5 Å². The van der Waals surface area contributed by atoms with Crippen LogP contribution in [0, 0.1) is 5.82 Å². The molecular weight excluding hydrogens is 267 g/mol. The monoisotopic (exact) mass is 284 g/mol. The number of nitrogens with zero attached hydrogens (tertiary/aromatic N) is 3. The molecular formula is C16H17FN4. The molecule has 0 fully saturated rings. The summed E-state index contributed by atoms with van der Waals surface area (Å²) < 4.78 is 15.5. The molecule has 2 aromatic heterocycles. The van der Waals surface area contributed by atoms with Gasteiger partial charge >= 0.3 is 0 Å². The van der Waals surface area contributed by atoms with Crippen molar-refractivity contribution in [1.82, 2.24) is 14.5 Å². The Morgan fingerprint density at radius 3 is 2.71 bits per heavy atom. The maximum Gasteiger partial charge on any atom is 0.143 e. The Kier molecular flexibility index (Phi) is 3.43. The Morgan fingerprint density at radius 1 is 1.24 bits per heavy atom. The van der Waals surface area contributed by atoms with Crippen LogP contribution in [-0.2, 0) is 6.54 Å². The molecule has 3 aromatic rings. The van der Waals surface area contributed by atoms with E-state index in [0.29, 0.717) is 12.1 Å². The number of halogens is 1. The lowest BCUT2D eigenvalue weighted by Gasteiger charge is -2.13. The van der Waals surface area contributed by atoms with E-state index in [1.165, 1.54) is 12.3 Å². The second-order valence-electron chi connectivity index (χ2n) is 5.32. The number of hydrogen-bond acceptors (Lipinski definition) is 3. The van der Waals surface area contributed by atoms with Gasteiger partial charge in [0.15, 0.2) is 0 Å². The number of imidazole rings is 1. The van der Waals surface area contributed by atoms with Crippen LogP contribution in [0.25, 0.3) is 22.4 Å². The average molecular weight is 284 g/mol. The summed E-state index contributed by atoms with van der Waals surface area (Å²) in [5.41, 5.74) is 9.27. The Morgan fingerprint density at radius 2 is 2.05 bits per heavy atom. The highest BCUT2D eigenvalue weighted by Gasteiger charge is 2.15. The average Bonchev–Trinajstić information content (AvgIpc) is 2.85.